The number of nitrogens with zero attached hydrogens (tertiary/aromatic N) is 2. The highest BCUT2D eigenvalue weighted by molar-refractivity contribution is 8.00. The summed E-state index contributed by atoms with van der Waals surface area (Å²) in [5.41, 5.74) is 0. The molecule has 6 heteroatoms. The summed E-state index contributed by atoms with van der Waals surface area (Å²) in [6.07, 6.45) is 0.994. The minimum Gasteiger partial charge on any atom is -0.340 e. The molecule has 0 atom stereocenters. The first-order valence-electron chi connectivity index (χ1n) is 5.61. The zero-order valence-electron chi connectivity index (χ0n) is 9.28. The Hall–Kier alpha value is -0.750. The van der Waals surface area contributed by atoms with Crippen LogP contribution >= 0.6 is 11.8 Å². The van der Waals surface area contributed by atoms with Crippen molar-refractivity contribution in [3.8, 4) is 0 Å². The third-order valence-electron chi connectivity index (χ3n) is 2.84. The Morgan fingerprint density at radius 2 is 2.25 bits per heavy atom. The number of hydrogen-bond donors (Lipinski definition) is 1. The van der Waals surface area contributed by atoms with Gasteiger partial charge in [0.25, 0.3) is 0 Å². The summed E-state index contributed by atoms with van der Waals surface area (Å²) in [4.78, 5) is 26.8. The van der Waals surface area contributed by atoms with Crippen molar-refractivity contribution in [2.75, 3.05) is 44.4 Å². The molecule has 0 radical (unpaired) electrons. The van der Waals surface area contributed by atoms with Crippen molar-refractivity contribution in [1.29, 1.82) is 0 Å². The van der Waals surface area contributed by atoms with Gasteiger partial charge in [0.2, 0.25) is 11.8 Å². The minimum atomic E-state index is 0.0829. The second-order valence-corrected chi connectivity index (χ2v) is 5.01. The van der Waals surface area contributed by atoms with Crippen LogP contribution in [0.2, 0.25) is 0 Å². The number of carbonyl (C=O) groups excluding carboxylic acids is 2. The first-order chi connectivity index (χ1) is 7.77. The summed E-state index contributed by atoms with van der Waals surface area (Å²) >= 11 is 1.58. The van der Waals surface area contributed by atoms with Crippen LogP contribution in [0, 0.1) is 0 Å². The van der Waals surface area contributed by atoms with E-state index in [1.165, 1.54) is 0 Å². The molecular formula is C10H17N3O2S. The van der Waals surface area contributed by atoms with Crippen LogP contribution in [0.15, 0.2) is 0 Å². The fourth-order valence-corrected chi connectivity index (χ4v) is 2.80. The van der Waals surface area contributed by atoms with Gasteiger partial charge in [-0.1, -0.05) is 0 Å². The SMILES string of the molecule is O=C(CN1CSCC1=O)N1CCCNCC1. The zero-order valence-corrected chi connectivity index (χ0v) is 10.1. The number of rotatable bonds is 2. The Balaban J connectivity index is 1.84. The monoisotopic (exact) mass is 243 g/mol. The Morgan fingerprint density at radius 1 is 1.38 bits per heavy atom. The van der Waals surface area contributed by atoms with Gasteiger partial charge in [-0.15, -0.1) is 11.8 Å². The normalized spacial score (nSPS) is 22.4. The van der Waals surface area contributed by atoms with Gasteiger partial charge >= 0.3 is 0 Å². The van der Waals surface area contributed by atoms with E-state index >= 15 is 0 Å². The summed E-state index contributed by atoms with van der Waals surface area (Å²) in [5.74, 6) is 1.36. The van der Waals surface area contributed by atoms with Crippen molar-refractivity contribution in [3.63, 3.8) is 0 Å². The Labute approximate surface area is 99.5 Å². The lowest BCUT2D eigenvalue weighted by molar-refractivity contribution is -0.137. The highest BCUT2D eigenvalue weighted by Gasteiger charge is 2.25. The molecule has 90 valence electrons. The van der Waals surface area contributed by atoms with Crippen molar-refractivity contribution in [1.82, 2.24) is 15.1 Å². The third kappa shape index (κ3) is 2.89. The predicted molar refractivity (Wildman–Crippen MR) is 63.1 cm³/mol. The summed E-state index contributed by atoms with van der Waals surface area (Å²) in [5, 5.41) is 3.26. The van der Waals surface area contributed by atoms with Crippen LogP contribution in [0.3, 0.4) is 0 Å². The summed E-state index contributed by atoms with van der Waals surface area (Å²) in [7, 11) is 0. The van der Waals surface area contributed by atoms with E-state index in [2.05, 4.69) is 5.32 Å². The second-order valence-electron chi connectivity index (χ2n) is 4.05. The molecule has 0 unspecified atom stereocenters. The van der Waals surface area contributed by atoms with E-state index < -0.39 is 0 Å². The van der Waals surface area contributed by atoms with Crippen LogP contribution in [0.5, 0.6) is 0 Å². The van der Waals surface area contributed by atoms with Gasteiger partial charge in [-0.2, -0.15) is 0 Å². The van der Waals surface area contributed by atoms with E-state index in [0.29, 0.717) is 11.6 Å². The van der Waals surface area contributed by atoms with E-state index in [4.69, 9.17) is 0 Å². The molecule has 2 amide bonds. The lowest BCUT2D eigenvalue weighted by Gasteiger charge is -2.23. The highest BCUT2D eigenvalue weighted by Crippen LogP contribution is 2.14. The molecule has 2 heterocycles. The highest BCUT2D eigenvalue weighted by atomic mass is 32.2. The molecule has 0 bridgehead atoms. The molecule has 16 heavy (non-hydrogen) atoms. The van der Waals surface area contributed by atoms with Gasteiger partial charge in [-0.25, -0.2) is 0 Å². The molecule has 2 aliphatic rings. The maximum Gasteiger partial charge on any atom is 0.242 e. The standard InChI is InChI=1S/C10H17N3O2S/c14-9(6-13-8-16-7-10(13)15)12-4-1-2-11-3-5-12/h11H,1-8H2. The molecule has 0 aromatic rings. The molecule has 0 spiro atoms. The van der Waals surface area contributed by atoms with Gasteiger partial charge in [0.1, 0.15) is 6.54 Å². The first-order valence-corrected chi connectivity index (χ1v) is 6.77. The topological polar surface area (TPSA) is 52.7 Å². The van der Waals surface area contributed by atoms with Crippen molar-refractivity contribution in [3.05, 3.63) is 0 Å². The van der Waals surface area contributed by atoms with Gasteiger partial charge < -0.3 is 15.1 Å². The maximum absolute atomic E-state index is 11.9. The largest absolute Gasteiger partial charge is 0.340 e. The number of thioether (sulfide) groups is 1. The molecule has 1 N–H and O–H groups in total. The summed E-state index contributed by atoms with van der Waals surface area (Å²) < 4.78 is 0. The zero-order chi connectivity index (χ0) is 11.4. The Bertz CT molecular complexity index is 277. The average molecular weight is 243 g/mol. The number of hydrogen-bond acceptors (Lipinski definition) is 4. The van der Waals surface area contributed by atoms with Crippen LogP contribution in [0.4, 0.5) is 0 Å². The van der Waals surface area contributed by atoms with Gasteiger partial charge in [0, 0.05) is 19.6 Å². The van der Waals surface area contributed by atoms with Gasteiger partial charge in [0.15, 0.2) is 0 Å². The van der Waals surface area contributed by atoms with Crippen molar-refractivity contribution < 1.29 is 9.59 Å². The lowest BCUT2D eigenvalue weighted by Crippen LogP contribution is -2.42. The number of nitrogens with one attached hydrogen (secondary N) is 1. The van der Waals surface area contributed by atoms with E-state index in [0.717, 1.165) is 32.6 Å². The van der Waals surface area contributed by atoms with Gasteiger partial charge in [-0.05, 0) is 13.0 Å². The fraction of sp³-hybridized carbons (Fsp3) is 0.800. The van der Waals surface area contributed by atoms with Crippen LogP contribution in [-0.4, -0.2) is 66.0 Å². The molecule has 0 aromatic heterocycles. The average Bonchev–Trinajstić information content (AvgIpc) is 2.57. The molecule has 2 saturated heterocycles. The lowest BCUT2D eigenvalue weighted by atomic mass is 10.3. The summed E-state index contributed by atoms with van der Waals surface area (Å²) in [6.45, 7) is 3.65. The Kier molecular flexibility index (Phi) is 4.06. The van der Waals surface area contributed by atoms with Crippen molar-refractivity contribution in [2.24, 2.45) is 0 Å². The van der Waals surface area contributed by atoms with E-state index in [1.807, 2.05) is 4.90 Å². The van der Waals surface area contributed by atoms with Crippen LogP contribution in [-0.2, 0) is 9.59 Å². The van der Waals surface area contributed by atoms with Crippen molar-refractivity contribution >= 4 is 23.6 Å². The molecule has 0 aliphatic carbocycles. The first kappa shape index (κ1) is 11.7. The molecule has 0 aromatic carbocycles. The van der Waals surface area contributed by atoms with Gasteiger partial charge in [-0.3, -0.25) is 9.59 Å². The molecule has 0 saturated carbocycles. The van der Waals surface area contributed by atoms with Crippen molar-refractivity contribution in [2.45, 2.75) is 6.42 Å². The van der Waals surface area contributed by atoms with E-state index in [-0.39, 0.29) is 18.4 Å². The molecule has 2 fully saturated rings. The Morgan fingerprint density at radius 3 is 3.00 bits per heavy atom. The second kappa shape index (κ2) is 5.54. The number of carbonyl (C=O) groups is 2. The minimum absolute atomic E-state index is 0.0829. The van der Waals surface area contributed by atoms with Crippen LogP contribution in [0.1, 0.15) is 6.42 Å². The third-order valence-corrected chi connectivity index (χ3v) is 3.79. The fourth-order valence-electron chi connectivity index (χ4n) is 1.90. The quantitative estimate of drug-likeness (QED) is 0.700. The summed E-state index contributed by atoms with van der Waals surface area (Å²) in [6, 6.07) is 0. The van der Waals surface area contributed by atoms with E-state index in [1.54, 1.807) is 16.7 Å². The molecule has 5 nitrogen and oxygen atoms in total. The molecular weight excluding hydrogens is 226 g/mol. The van der Waals surface area contributed by atoms with Crippen LogP contribution in [0.25, 0.3) is 0 Å². The predicted octanol–water partition coefficient (Wildman–Crippen LogP) is -0.659. The maximum atomic E-state index is 11.9. The molecule has 2 aliphatic heterocycles. The molecule has 2 rings (SSSR count). The van der Waals surface area contributed by atoms with Crippen LogP contribution < -0.4 is 5.32 Å². The number of amides is 2. The van der Waals surface area contributed by atoms with Gasteiger partial charge in [0.05, 0.1) is 11.6 Å². The smallest absolute Gasteiger partial charge is 0.242 e. The van der Waals surface area contributed by atoms with E-state index in [9.17, 15) is 9.59 Å².